The molecule has 12 heteroatoms. The Labute approximate surface area is 117 Å². The van der Waals surface area contributed by atoms with Gasteiger partial charge in [0.05, 0.1) is 34.4 Å². The molecule has 0 aliphatic heterocycles. The molecule has 122 valence electrons. The molecule has 4 N–H and O–H groups in total. The van der Waals surface area contributed by atoms with Gasteiger partial charge in [-0.05, 0) is 0 Å². The number of quaternary nitrogens is 1. The van der Waals surface area contributed by atoms with Crippen molar-refractivity contribution >= 4 is 15.6 Å². The van der Waals surface area contributed by atoms with Gasteiger partial charge in [0.25, 0.3) is 0 Å². The molecule has 0 amide bonds. The van der Waals surface area contributed by atoms with Gasteiger partial charge >= 0.3 is 15.6 Å². The molecule has 0 aliphatic carbocycles. The van der Waals surface area contributed by atoms with Gasteiger partial charge in [-0.2, -0.15) is 0 Å². The molecule has 0 radical (unpaired) electrons. The van der Waals surface area contributed by atoms with E-state index in [-0.39, 0.29) is 6.61 Å². The van der Waals surface area contributed by atoms with Gasteiger partial charge in [0, 0.05) is 0 Å². The maximum Gasteiger partial charge on any atom is 0.472 e. The van der Waals surface area contributed by atoms with Gasteiger partial charge in [0.1, 0.15) is 19.3 Å². The Morgan fingerprint density at radius 2 is 1.50 bits per heavy atom. The quantitative estimate of drug-likeness (QED) is 0.300. The lowest BCUT2D eigenvalue weighted by molar-refractivity contribution is -0.870. The second-order valence-electron chi connectivity index (χ2n) is 5.05. The van der Waals surface area contributed by atoms with Crippen molar-refractivity contribution in [2.45, 2.75) is 6.10 Å². The van der Waals surface area contributed by atoms with Crippen molar-refractivity contribution in [3.8, 4) is 0 Å². The summed E-state index contributed by atoms with van der Waals surface area (Å²) in [6, 6.07) is 0. The van der Waals surface area contributed by atoms with Crippen LogP contribution in [0.3, 0.4) is 0 Å². The van der Waals surface area contributed by atoms with Crippen LogP contribution in [0.5, 0.6) is 0 Å². The Morgan fingerprint density at radius 3 is 1.95 bits per heavy atom. The minimum absolute atomic E-state index is 0.0215. The first-order valence-corrected chi connectivity index (χ1v) is 8.64. The fraction of sp³-hybridized carbons (Fsp3) is 1.00. The van der Waals surface area contributed by atoms with E-state index in [0.29, 0.717) is 11.0 Å². The van der Waals surface area contributed by atoms with Crippen LogP contribution >= 0.6 is 15.6 Å². The highest BCUT2D eigenvalue weighted by Crippen LogP contribution is 2.43. The molecule has 10 nitrogen and oxygen atoms in total. The summed E-state index contributed by atoms with van der Waals surface area (Å²) in [7, 11) is -3.40. The molecule has 2 unspecified atom stereocenters. The summed E-state index contributed by atoms with van der Waals surface area (Å²) in [5, 5.41) is 9.25. The Bertz CT molecular complexity index is 377. The van der Waals surface area contributed by atoms with Crippen LogP contribution in [-0.4, -0.2) is 77.9 Å². The van der Waals surface area contributed by atoms with E-state index in [1.54, 1.807) is 0 Å². The average molecular weight is 338 g/mol. The largest absolute Gasteiger partial charge is 0.472 e. The summed E-state index contributed by atoms with van der Waals surface area (Å²) in [6.45, 7) is -0.939. The average Bonchev–Trinajstić information content (AvgIpc) is 2.20. The first-order valence-electron chi connectivity index (χ1n) is 5.61. The number of aliphatic hydroxyl groups excluding tert-OH is 1. The SMILES string of the molecule is C[N+](C)(C)CCOP(=O)(O)OCC(O)COP(=O)(O)O. The number of hydrogen-bond donors (Lipinski definition) is 4. The molecule has 0 saturated carbocycles. The number of phosphoric ester groups is 2. The molecule has 0 bridgehead atoms. The van der Waals surface area contributed by atoms with E-state index in [1.807, 2.05) is 21.1 Å². The van der Waals surface area contributed by atoms with Gasteiger partial charge in [-0.25, -0.2) is 9.13 Å². The zero-order valence-electron chi connectivity index (χ0n) is 11.6. The number of hydrogen-bond acceptors (Lipinski definition) is 6. The van der Waals surface area contributed by atoms with Gasteiger partial charge in [-0.3, -0.25) is 13.6 Å². The number of likely N-dealkylation sites (N-methyl/N-ethyl adjacent to an activating group) is 1. The fourth-order valence-corrected chi connectivity index (χ4v) is 1.99. The molecule has 0 heterocycles. The van der Waals surface area contributed by atoms with E-state index in [2.05, 4.69) is 13.6 Å². The smallest absolute Gasteiger partial charge is 0.388 e. The van der Waals surface area contributed by atoms with E-state index in [4.69, 9.17) is 9.79 Å². The van der Waals surface area contributed by atoms with Crippen molar-refractivity contribution in [3.05, 3.63) is 0 Å². The van der Waals surface area contributed by atoms with Crippen LogP contribution in [0.15, 0.2) is 0 Å². The first kappa shape index (κ1) is 20.1. The lowest BCUT2D eigenvalue weighted by Gasteiger charge is -2.24. The molecule has 0 aromatic rings. The number of aliphatic hydroxyl groups is 1. The Hall–Kier alpha value is 0.140. The summed E-state index contributed by atoms with van der Waals surface area (Å²) in [4.78, 5) is 26.1. The molecule has 0 saturated heterocycles. The van der Waals surface area contributed by atoms with Gasteiger partial charge in [0.2, 0.25) is 0 Å². The Morgan fingerprint density at radius 1 is 1.00 bits per heavy atom. The minimum atomic E-state index is -4.70. The van der Waals surface area contributed by atoms with Crippen LogP contribution in [-0.2, 0) is 22.7 Å². The van der Waals surface area contributed by atoms with Gasteiger partial charge in [-0.15, -0.1) is 0 Å². The van der Waals surface area contributed by atoms with Crippen molar-refractivity contribution in [2.75, 3.05) is 47.5 Å². The number of rotatable bonds is 10. The zero-order chi connectivity index (χ0) is 16.0. The highest BCUT2D eigenvalue weighted by molar-refractivity contribution is 7.47. The van der Waals surface area contributed by atoms with Crippen LogP contribution in [0.4, 0.5) is 0 Å². The van der Waals surface area contributed by atoms with Crippen LogP contribution in [0.25, 0.3) is 0 Å². The van der Waals surface area contributed by atoms with Gasteiger partial charge < -0.3 is 24.3 Å². The molecular formula is C8H22NO9P2+. The van der Waals surface area contributed by atoms with Crippen LogP contribution < -0.4 is 0 Å². The first-order chi connectivity index (χ1) is 8.81. The standard InChI is InChI=1S/C8H21NO9P2/c1-9(2,3)4-5-16-20(14,15)18-7-8(10)6-17-19(11,12)13/h8,10H,4-7H2,1-3H3,(H2-,11,12,13,14,15)/p+1. The lowest BCUT2D eigenvalue weighted by atomic mass is 10.4. The lowest BCUT2D eigenvalue weighted by Crippen LogP contribution is -2.37. The fourth-order valence-electron chi connectivity index (χ4n) is 0.879. The second kappa shape index (κ2) is 7.95. The molecule has 2 atom stereocenters. The summed E-state index contributed by atoms with van der Waals surface area (Å²) >= 11 is 0. The predicted molar refractivity (Wildman–Crippen MR) is 68.6 cm³/mol. The van der Waals surface area contributed by atoms with Gasteiger partial charge in [-0.1, -0.05) is 0 Å². The number of nitrogens with zero attached hydrogens (tertiary/aromatic N) is 1. The number of phosphoric acid groups is 2. The highest BCUT2D eigenvalue weighted by Gasteiger charge is 2.25. The van der Waals surface area contributed by atoms with Crippen molar-refractivity contribution in [2.24, 2.45) is 0 Å². The predicted octanol–water partition coefficient (Wildman–Crippen LogP) is -0.704. The topological polar surface area (TPSA) is 143 Å². The summed E-state index contributed by atoms with van der Waals surface area (Å²) in [5.41, 5.74) is 0. The van der Waals surface area contributed by atoms with E-state index in [1.165, 1.54) is 0 Å². The third-order valence-corrected chi connectivity index (χ3v) is 3.35. The summed E-state index contributed by atoms with van der Waals surface area (Å²) in [6.07, 6.45) is -1.47. The van der Waals surface area contributed by atoms with E-state index in [0.717, 1.165) is 0 Å². The second-order valence-corrected chi connectivity index (χ2v) is 7.74. The normalized spacial score (nSPS) is 17.8. The highest BCUT2D eigenvalue weighted by atomic mass is 31.2. The molecule has 0 aromatic carbocycles. The molecule has 0 spiro atoms. The third-order valence-electron chi connectivity index (χ3n) is 1.88. The summed E-state index contributed by atoms with van der Waals surface area (Å²) in [5.74, 6) is 0. The van der Waals surface area contributed by atoms with Crippen molar-refractivity contribution in [1.29, 1.82) is 0 Å². The van der Waals surface area contributed by atoms with Crippen molar-refractivity contribution in [3.63, 3.8) is 0 Å². The van der Waals surface area contributed by atoms with Crippen molar-refractivity contribution in [1.82, 2.24) is 0 Å². The van der Waals surface area contributed by atoms with Gasteiger partial charge in [0.15, 0.2) is 0 Å². The minimum Gasteiger partial charge on any atom is -0.388 e. The zero-order valence-corrected chi connectivity index (χ0v) is 13.4. The molecule has 20 heavy (non-hydrogen) atoms. The maximum atomic E-state index is 11.4. The van der Waals surface area contributed by atoms with Crippen LogP contribution in [0.2, 0.25) is 0 Å². The monoisotopic (exact) mass is 338 g/mol. The summed E-state index contributed by atoms with van der Waals surface area (Å²) < 4.78 is 35.4. The Balaban J connectivity index is 3.97. The third kappa shape index (κ3) is 13.1. The molecule has 0 aromatic heterocycles. The molecule has 0 fully saturated rings. The maximum absolute atomic E-state index is 11.4. The molecular weight excluding hydrogens is 316 g/mol. The van der Waals surface area contributed by atoms with E-state index >= 15 is 0 Å². The van der Waals surface area contributed by atoms with Crippen LogP contribution in [0.1, 0.15) is 0 Å². The molecule has 0 rings (SSSR count). The van der Waals surface area contributed by atoms with E-state index < -0.39 is 35.0 Å². The van der Waals surface area contributed by atoms with E-state index in [9.17, 15) is 19.1 Å². The van der Waals surface area contributed by atoms with Crippen LogP contribution in [0, 0.1) is 0 Å². The van der Waals surface area contributed by atoms with Crippen molar-refractivity contribution < 1.29 is 47.0 Å². The molecule has 0 aliphatic rings. The Kier molecular flexibility index (Phi) is 8.01.